The Bertz CT molecular complexity index is 1620. The van der Waals surface area contributed by atoms with E-state index in [1.165, 1.54) is 96.3 Å². The molecule has 8 heteroatoms. The second-order valence-corrected chi connectivity index (χ2v) is 16.6. The molecule has 4 aromatic carbocycles. The first-order chi connectivity index (χ1) is 31.0. The summed E-state index contributed by atoms with van der Waals surface area (Å²) in [6.45, 7) is 7.19. The van der Waals surface area contributed by atoms with E-state index >= 15 is 0 Å². The standard InChI is InChI=1S/C55H76O8/c1-3-5-7-9-11-14-18-24-44-60-50-34-38-52(39-35-50)62-54(56)46-26-30-48(31-27-46)58-42-22-20-16-13-17-21-23-43-59-49-32-28-47(29-33-49)55(57)63-53-40-36-51(37-41-53)61-45-25-19-15-12-10-8-6-4-2/h26-41H,3-25,42-45H2,1-2H3. The minimum Gasteiger partial charge on any atom is -0.494 e. The molecular formula is C55H76O8. The average molecular weight is 865 g/mol. The fourth-order valence-corrected chi connectivity index (χ4v) is 7.23. The van der Waals surface area contributed by atoms with Crippen molar-refractivity contribution in [3.63, 3.8) is 0 Å². The van der Waals surface area contributed by atoms with Gasteiger partial charge in [-0.2, -0.15) is 0 Å². The largest absolute Gasteiger partial charge is 0.494 e. The highest BCUT2D eigenvalue weighted by Gasteiger charge is 2.11. The molecule has 0 aromatic heterocycles. The fourth-order valence-electron chi connectivity index (χ4n) is 7.23. The second kappa shape index (κ2) is 32.7. The van der Waals surface area contributed by atoms with Crippen molar-refractivity contribution in [3.8, 4) is 34.5 Å². The summed E-state index contributed by atoms with van der Waals surface area (Å²) in [5.74, 6) is 3.25. The molecule has 0 atom stereocenters. The number of benzene rings is 4. The van der Waals surface area contributed by atoms with Crippen molar-refractivity contribution in [3.05, 3.63) is 108 Å². The maximum Gasteiger partial charge on any atom is 0.343 e. The molecule has 0 N–H and O–H groups in total. The number of ether oxygens (including phenoxy) is 6. The number of carbonyl (C=O) groups excluding carboxylic acids is 2. The maximum absolute atomic E-state index is 12.7. The molecule has 0 saturated heterocycles. The van der Waals surface area contributed by atoms with Gasteiger partial charge >= 0.3 is 11.9 Å². The molecule has 0 aliphatic heterocycles. The summed E-state index contributed by atoms with van der Waals surface area (Å²) in [5, 5.41) is 0. The first-order valence-electron chi connectivity index (χ1n) is 24.4. The third-order valence-corrected chi connectivity index (χ3v) is 11.1. The molecule has 4 rings (SSSR count). The molecule has 0 aliphatic carbocycles. The lowest BCUT2D eigenvalue weighted by molar-refractivity contribution is 0.0725. The first kappa shape index (κ1) is 50.7. The molecule has 0 spiro atoms. The third kappa shape index (κ3) is 22.8. The third-order valence-electron chi connectivity index (χ3n) is 11.1. The Morgan fingerprint density at radius 3 is 0.746 bits per heavy atom. The van der Waals surface area contributed by atoms with Crippen molar-refractivity contribution in [2.24, 2.45) is 0 Å². The number of unbranched alkanes of at least 4 members (excludes halogenated alkanes) is 20. The number of rotatable bonds is 36. The zero-order valence-electron chi connectivity index (χ0n) is 38.6. The molecule has 0 fully saturated rings. The zero-order chi connectivity index (χ0) is 44.4. The van der Waals surface area contributed by atoms with Gasteiger partial charge in [0, 0.05) is 0 Å². The molecule has 0 radical (unpaired) electrons. The van der Waals surface area contributed by atoms with Gasteiger partial charge in [0.2, 0.25) is 0 Å². The van der Waals surface area contributed by atoms with Gasteiger partial charge in [0.05, 0.1) is 37.6 Å². The Morgan fingerprint density at radius 2 is 0.492 bits per heavy atom. The van der Waals surface area contributed by atoms with E-state index in [4.69, 9.17) is 28.4 Å². The molecule has 0 aliphatic rings. The fraction of sp³-hybridized carbons (Fsp3) is 0.527. The van der Waals surface area contributed by atoms with E-state index in [-0.39, 0.29) is 0 Å². The summed E-state index contributed by atoms with van der Waals surface area (Å²) in [5.41, 5.74) is 0.955. The van der Waals surface area contributed by atoms with Gasteiger partial charge in [0.15, 0.2) is 0 Å². The van der Waals surface area contributed by atoms with Crippen LogP contribution >= 0.6 is 0 Å². The van der Waals surface area contributed by atoms with E-state index in [0.29, 0.717) is 49.1 Å². The summed E-state index contributed by atoms with van der Waals surface area (Å²) < 4.78 is 34.7. The van der Waals surface area contributed by atoms with Crippen molar-refractivity contribution in [2.75, 3.05) is 26.4 Å². The number of hydrogen-bond acceptors (Lipinski definition) is 8. The summed E-state index contributed by atoms with van der Waals surface area (Å²) in [7, 11) is 0. The van der Waals surface area contributed by atoms with Gasteiger partial charge < -0.3 is 28.4 Å². The molecule has 63 heavy (non-hydrogen) atoms. The highest BCUT2D eigenvalue weighted by Crippen LogP contribution is 2.23. The number of esters is 2. The van der Waals surface area contributed by atoms with Crippen LogP contribution in [-0.4, -0.2) is 38.4 Å². The topological polar surface area (TPSA) is 89.5 Å². The van der Waals surface area contributed by atoms with E-state index in [1.54, 1.807) is 48.5 Å². The van der Waals surface area contributed by atoms with Crippen LogP contribution in [0.5, 0.6) is 34.5 Å². The lowest BCUT2D eigenvalue weighted by Crippen LogP contribution is -2.08. The van der Waals surface area contributed by atoms with Crippen LogP contribution in [0.4, 0.5) is 0 Å². The van der Waals surface area contributed by atoms with E-state index < -0.39 is 11.9 Å². The number of hydrogen-bond donors (Lipinski definition) is 0. The zero-order valence-corrected chi connectivity index (χ0v) is 38.6. The van der Waals surface area contributed by atoms with Gasteiger partial charge in [-0.15, -0.1) is 0 Å². The lowest BCUT2D eigenvalue weighted by atomic mass is 10.1. The number of carbonyl (C=O) groups is 2. The molecule has 0 saturated carbocycles. The van der Waals surface area contributed by atoms with E-state index in [9.17, 15) is 9.59 Å². The van der Waals surface area contributed by atoms with Crippen LogP contribution in [0.15, 0.2) is 97.1 Å². The molecule has 0 amide bonds. The summed E-state index contributed by atoms with van der Waals surface area (Å²) in [6, 6.07) is 28.7. The van der Waals surface area contributed by atoms with Crippen molar-refractivity contribution in [1.29, 1.82) is 0 Å². The monoisotopic (exact) mass is 865 g/mol. The smallest absolute Gasteiger partial charge is 0.343 e. The van der Waals surface area contributed by atoms with E-state index in [0.717, 1.165) is 74.4 Å². The maximum atomic E-state index is 12.7. The highest BCUT2D eigenvalue weighted by molar-refractivity contribution is 5.91. The Labute approximate surface area is 379 Å². The van der Waals surface area contributed by atoms with Gasteiger partial charge in [0.1, 0.15) is 34.5 Å². The van der Waals surface area contributed by atoms with Crippen molar-refractivity contribution in [1.82, 2.24) is 0 Å². The van der Waals surface area contributed by atoms with Crippen LogP contribution in [0.1, 0.15) is 182 Å². The van der Waals surface area contributed by atoms with Gasteiger partial charge in [0.25, 0.3) is 0 Å². The van der Waals surface area contributed by atoms with E-state index in [2.05, 4.69) is 13.8 Å². The first-order valence-corrected chi connectivity index (χ1v) is 24.4. The summed E-state index contributed by atoms with van der Waals surface area (Å²) in [4.78, 5) is 25.4. The molecule has 0 heterocycles. The Balaban J connectivity index is 0.957. The SMILES string of the molecule is CCCCCCCCCCOc1ccc(OC(=O)c2ccc(OCCCCCCCCCOc3ccc(C(=O)Oc4ccc(OCCCCCCCCCC)cc4)cc3)cc2)cc1. The molecule has 0 bridgehead atoms. The van der Waals surface area contributed by atoms with Gasteiger partial charge in [-0.05, 0) is 123 Å². The van der Waals surface area contributed by atoms with Crippen LogP contribution in [0.2, 0.25) is 0 Å². The minimum absolute atomic E-state index is 0.401. The second-order valence-electron chi connectivity index (χ2n) is 16.6. The van der Waals surface area contributed by atoms with Crippen LogP contribution < -0.4 is 28.4 Å². The normalized spacial score (nSPS) is 11.0. The summed E-state index contributed by atoms with van der Waals surface area (Å²) in [6.07, 6.45) is 28.0. The van der Waals surface area contributed by atoms with Gasteiger partial charge in [-0.25, -0.2) is 9.59 Å². The Morgan fingerprint density at radius 1 is 0.286 bits per heavy atom. The van der Waals surface area contributed by atoms with Crippen LogP contribution in [-0.2, 0) is 0 Å². The van der Waals surface area contributed by atoms with Gasteiger partial charge in [-0.1, -0.05) is 136 Å². The van der Waals surface area contributed by atoms with Crippen molar-refractivity contribution in [2.45, 2.75) is 162 Å². The molecule has 344 valence electrons. The predicted octanol–water partition coefficient (Wildman–Crippen LogP) is 15.4. The average Bonchev–Trinajstić information content (AvgIpc) is 3.31. The predicted molar refractivity (Wildman–Crippen MR) is 255 cm³/mol. The molecular weight excluding hydrogens is 789 g/mol. The Hall–Kier alpha value is -4.98. The van der Waals surface area contributed by atoms with E-state index in [1.807, 2.05) is 48.5 Å². The summed E-state index contributed by atoms with van der Waals surface area (Å²) >= 11 is 0. The van der Waals surface area contributed by atoms with Crippen LogP contribution in [0.25, 0.3) is 0 Å². The Kier molecular flexibility index (Phi) is 26.3. The van der Waals surface area contributed by atoms with Crippen molar-refractivity contribution >= 4 is 11.9 Å². The molecule has 4 aromatic rings. The van der Waals surface area contributed by atoms with Crippen LogP contribution in [0.3, 0.4) is 0 Å². The molecule has 0 unspecified atom stereocenters. The van der Waals surface area contributed by atoms with Crippen molar-refractivity contribution < 1.29 is 38.0 Å². The quantitative estimate of drug-likeness (QED) is 0.0254. The molecule has 8 nitrogen and oxygen atoms in total. The minimum atomic E-state index is -0.401. The lowest BCUT2D eigenvalue weighted by Gasteiger charge is -2.09. The van der Waals surface area contributed by atoms with Gasteiger partial charge in [-0.3, -0.25) is 0 Å². The highest BCUT2D eigenvalue weighted by atomic mass is 16.5. The van der Waals surface area contributed by atoms with Crippen LogP contribution in [0, 0.1) is 0 Å².